The minimum atomic E-state index is -0.498. The molecule has 1 heterocycles. The summed E-state index contributed by atoms with van der Waals surface area (Å²) in [6.45, 7) is 7.81. The highest BCUT2D eigenvalue weighted by Gasteiger charge is 2.22. The van der Waals surface area contributed by atoms with Gasteiger partial charge >= 0.3 is 6.09 Å². The molecular formula is C19H31N5O3. The topological polar surface area (TPSA) is 96.9 Å². The van der Waals surface area contributed by atoms with E-state index in [1.54, 1.807) is 13.2 Å². The Labute approximate surface area is 161 Å². The molecule has 27 heavy (non-hydrogen) atoms. The van der Waals surface area contributed by atoms with E-state index in [1.165, 1.54) is 12.8 Å². The molecule has 1 aliphatic carbocycles. The van der Waals surface area contributed by atoms with Crippen molar-refractivity contribution in [3.05, 3.63) is 23.9 Å². The van der Waals surface area contributed by atoms with Crippen molar-refractivity contribution in [2.75, 3.05) is 26.7 Å². The Morgan fingerprint density at radius 3 is 2.56 bits per heavy atom. The fourth-order valence-electron chi connectivity index (χ4n) is 2.15. The van der Waals surface area contributed by atoms with Gasteiger partial charge in [0.2, 0.25) is 5.88 Å². The number of aromatic nitrogens is 1. The minimum Gasteiger partial charge on any atom is -0.477 e. The van der Waals surface area contributed by atoms with E-state index in [1.807, 2.05) is 32.9 Å². The number of rotatable bonds is 8. The fraction of sp³-hybridized carbons (Fsp3) is 0.632. The molecule has 1 aromatic heterocycles. The summed E-state index contributed by atoms with van der Waals surface area (Å²) in [5, 5.41) is 9.03. The number of guanidine groups is 1. The SMILES string of the molecule is CN=C(NCCNC(=O)OC(C)(C)C)NCc1ccc(OCC2CC2)nc1. The monoisotopic (exact) mass is 377 g/mol. The summed E-state index contributed by atoms with van der Waals surface area (Å²) in [5.41, 5.74) is 0.533. The maximum Gasteiger partial charge on any atom is 0.407 e. The zero-order valence-corrected chi connectivity index (χ0v) is 16.7. The molecule has 8 heteroatoms. The van der Waals surface area contributed by atoms with Crippen LogP contribution in [0.3, 0.4) is 0 Å². The van der Waals surface area contributed by atoms with Crippen molar-refractivity contribution in [1.82, 2.24) is 20.9 Å². The van der Waals surface area contributed by atoms with E-state index in [4.69, 9.17) is 9.47 Å². The second-order valence-electron chi connectivity index (χ2n) is 7.54. The van der Waals surface area contributed by atoms with Gasteiger partial charge in [-0.3, -0.25) is 4.99 Å². The van der Waals surface area contributed by atoms with Crippen molar-refractivity contribution in [3.8, 4) is 5.88 Å². The van der Waals surface area contributed by atoms with Crippen LogP contribution in [-0.4, -0.2) is 49.4 Å². The van der Waals surface area contributed by atoms with E-state index in [2.05, 4.69) is 25.9 Å². The highest BCUT2D eigenvalue weighted by Crippen LogP contribution is 2.29. The third-order valence-electron chi connectivity index (χ3n) is 3.73. The Balaban J connectivity index is 1.62. The van der Waals surface area contributed by atoms with Gasteiger partial charge in [0, 0.05) is 38.9 Å². The van der Waals surface area contributed by atoms with Crippen molar-refractivity contribution in [1.29, 1.82) is 0 Å². The molecule has 150 valence electrons. The number of pyridine rings is 1. The van der Waals surface area contributed by atoms with E-state index in [-0.39, 0.29) is 0 Å². The summed E-state index contributed by atoms with van der Waals surface area (Å²) in [5.74, 6) is 2.03. The number of carbonyl (C=O) groups is 1. The van der Waals surface area contributed by atoms with Crippen LogP contribution in [-0.2, 0) is 11.3 Å². The Morgan fingerprint density at radius 1 is 1.22 bits per heavy atom. The quantitative estimate of drug-likeness (QED) is 0.365. The van der Waals surface area contributed by atoms with Gasteiger partial charge in [-0.1, -0.05) is 6.07 Å². The number of amides is 1. The number of carbonyl (C=O) groups excluding carboxylic acids is 1. The van der Waals surface area contributed by atoms with Gasteiger partial charge in [-0.15, -0.1) is 0 Å². The lowest BCUT2D eigenvalue weighted by molar-refractivity contribution is 0.0529. The van der Waals surface area contributed by atoms with Gasteiger partial charge in [0.15, 0.2) is 5.96 Å². The molecule has 0 bridgehead atoms. The molecule has 8 nitrogen and oxygen atoms in total. The van der Waals surface area contributed by atoms with Crippen molar-refractivity contribution < 1.29 is 14.3 Å². The van der Waals surface area contributed by atoms with E-state index >= 15 is 0 Å². The maximum atomic E-state index is 11.6. The normalized spacial score (nSPS) is 14.4. The third-order valence-corrected chi connectivity index (χ3v) is 3.73. The molecule has 1 amide bonds. The van der Waals surface area contributed by atoms with Gasteiger partial charge in [0.1, 0.15) is 5.60 Å². The van der Waals surface area contributed by atoms with Gasteiger partial charge < -0.3 is 25.4 Å². The van der Waals surface area contributed by atoms with Crippen LogP contribution < -0.4 is 20.7 Å². The van der Waals surface area contributed by atoms with Gasteiger partial charge in [-0.2, -0.15) is 0 Å². The molecule has 0 spiro atoms. The van der Waals surface area contributed by atoms with Crippen LogP contribution in [0.2, 0.25) is 0 Å². The Kier molecular flexibility index (Phi) is 7.69. The predicted molar refractivity (Wildman–Crippen MR) is 105 cm³/mol. The number of hydrogen-bond acceptors (Lipinski definition) is 5. The van der Waals surface area contributed by atoms with E-state index < -0.39 is 11.7 Å². The summed E-state index contributed by atoms with van der Waals surface area (Å²) in [4.78, 5) is 20.1. The van der Waals surface area contributed by atoms with Gasteiger partial charge in [-0.05, 0) is 45.1 Å². The summed E-state index contributed by atoms with van der Waals surface area (Å²) in [6, 6.07) is 3.87. The fourth-order valence-corrected chi connectivity index (χ4v) is 2.15. The molecule has 0 aliphatic heterocycles. The van der Waals surface area contributed by atoms with Crippen LogP contribution in [0.15, 0.2) is 23.3 Å². The van der Waals surface area contributed by atoms with Crippen molar-refractivity contribution >= 4 is 12.1 Å². The van der Waals surface area contributed by atoms with Crippen molar-refractivity contribution in [3.63, 3.8) is 0 Å². The molecule has 0 unspecified atom stereocenters. The molecule has 1 saturated carbocycles. The van der Waals surface area contributed by atoms with Crippen LogP contribution in [0.25, 0.3) is 0 Å². The van der Waals surface area contributed by atoms with E-state index in [0.29, 0.717) is 37.4 Å². The minimum absolute atomic E-state index is 0.428. The lowest BCUT2D eigenvalue weighted by atomic mass is 10.2. The zero-order chi connectivity index (χ0) is 19.7. The first-order valence-electron chi connectivity index (χ1n) is 9.35. The summed E-state index contributed by atoms with van der Waals surface area (Å²) in [6.07, 6.45) is 3.90. The first-order chi connectivity index (χ1) is 12.9. The number of nitrogens with zero attached hydrogens (tertiary/aromatic N) is 2. The average Bonchev–Trinajstić information content (AvgIpc) is 3.43. The molecule has 3 N–H and O–H groups in total. The number of aliphatic imine (C=N–C) groups is 1. The molecule has 2 rings (SSSR count). The average molecular weight is 377 g/mol. The van der Waals surface area contributed by atoms with Crippen LogP contribution in [0.5, 0.6) is 5.88 Å². The third kappa shape index (κ3) is 9.12. The van der Waals surface area contributed by atoms with Gasteiger partial charge in [0.05, 0.1) is 6.61 Å². The van der Waals surface area contributed by atoms with Crippen LogP contribution in [0.1, 0.15) is 39.2 Å². The lowest BCUT2D eigenvalue weighted by Crippen LogP contribution is -2.42. The second kappa shape index (κ2) is 9.99. The van der Waals surface area contributed by atoms with E-state index in [0.717, 1.165) is 12.2 Å². The van der Waals surface area contributed by atoms with Crippen LogP contribution in [0, 0.1) is 5.92 Å². The van der Waals surface area contributed by atoms with Crippen molar-refractivity contribution in [2.24, 2.45) is 10.9 Å². The molecule has 0 aromatic carbocycles. The molecule has 0 radical (unpaired) electrons. The Morgan fingerprint density at radius 2 is 1.96 bits per heavy atom. The van der Waals surface area contributed by atoms with E-state index in [9.17, 15) is 4.79 Å². The van der Waals surface area contributed by atoms with Crippen LogP contribution in [0.4, 0.5) is 4.79 Å². The molecule has 0 atom stereocenters. The number of nitrogens with one attached hydrogen (secondary N) is 3. The number of ether oxygens (including phenoxy) is 2. The Hall–Kier alpha value is -2.51. The number of hydrogen-bond donors (Lipinski definition) is 3. The molecule has 0 saturated heterocycles. The first kappa shape index (κ1) is 20.8. The first-order valence-corrected chi connectivity index (χ1v) is 9.35. The maximum absolute atomic E-state index is 11.6. The summed E-state index contributed by atoms with van der Waals surface area (Å²) >= 11 is 0. The standard InChI is InChI=1S/C19H31N5O3/c1-19(2,3)27-18(25)22-10-9-21-17(20-4)24-12-15-7-8-16(23-11-15)26-13-14-5-6-14/h7-8,11,14H,5-6,9-10,12-13H2,1-4H3,(H,22,25)(H2,20,21,24). The predicted octanol–water partition coefficient (Wildman–Crippen LogP) is 2.06. The van der Waals surface area contributed by atoms with Gasteiger partial charge in [0.25, 0.3) is 0 Å². The summed E-state index contributed by atoms with van der Waals surface area (Å²) in [7, 11) is 1.70. The molecule has 1 aromatic rings. The molecular weight excluding hydrogens is 346 g/mol. The molecule has 1 aliphatic rings. The van der Waals surface area contributed by atoms with Crippen LogP contribution >= 0.6 is 0 Å². The number of alkyl carbamates (subject to hydrolysis) is 1. The second-order valence-corrected chi connectivity index (χ2v) is 7.54. The largest absolute Gasteiger partial charge is 0.477 e. The smallest absolute Gasteiger partial charge is 0.407 e. The van der Waals surface area contributed by atoms with Crippen molar-refractivity contribution in [2.45, 2.75) is 45.8 Å². The Bertz CT molecular complexity index is 621. The highest BCUT2D eigenvalue weighted by atomic mass is 16.6. The van der Waals surface area contributed by atoms with Gasteiger partial charge in [-0.25, -0.2) is 9.78 Å². The lowest BCUT2D eigenvalue weighted by Gasteiger charge is -2.19. The zero-order valence-electron chi connectivity index (χ0n) is 16.7. The summed E-state index contributed by atoms with van der Waals surface area (Å²) < 4.78 is 10.8. The molecule has 1 fully saturated rings. The highest BCUT2D eigenvalue weighted by molar-refractivity contribution is 5.79.